The molecule has 0 aliphatic carbocycles. The number of ether oxygens (including phenoxy) is 1. The van der Waals surface area contributed by atoms with Crippen molar-refractivity contribution in [1.82, 2.24) is 10.3 Å². The fraction of sp³-hybridized carbons (Fsp3) is 0.615. The molecule has 17 heavy (non-hydrogen) atoms. The molecule has 0 bridgehead atoms. The highest BCUT2D eigenvalue weighted by atomic mass is 16.5. The smallest absolute Gasteiger partial charge is 0.137 e. The van der Waals surface area contributed by atoms with Gasteiger partial charge in [0.25, 0.3) is 0 Å². The van der Waals surface area contributed by atoms with Gasteiger partial charge in [0.1, 0.15) is 11.4 Å². The lowest BCUT2D eigenvalue weighted by atomic mass is 9.97. The number of pyridine rings is 1. The topological polar surface area (TPSA) is 54.4 Å². The summed E-state index contributed by atoms with van der Waals surface area (Å²) in [6, 6.07) is 2.17. The van der Waals surface area contributed by atoms with E-state index >= 15 is 0 Å². The van der Waals surface area contributed by atoms with Crippen LogP contribution in [0.5, 0.6) is 5.75 Å². The van der Waals surface area contributed by atoms with Gasteiger partial charge in [-0.15, -0.1) is 0 Å². The van der Waals surface area contributed by atoms with Crippen LogP contribution in [0.25, 0.3) is 0 Å². The van der Waals surface area contributed by atoms with Crippen LogP contribution < -0.4 is 10.1 Å². The van der Waals surface area contributed by atoms with Crippen LogP contribution in [0.1, 0.15) is 33.3 Å². The van der Waals surface area contributed by atoms with Crippen molar-refractivity contribution in [3.05, 3.63) is 24.0 Å². The third-order valence-electron chi connectivity index (χ3n) is 2.50. The minimum Gasteiger partial charge on any atom is -0.492 e. The normalized spacial score (nSPS) is 14.7. The summed E-state index contributed by atoms with van der Waals surface area (Å²) in [6.45, 7) is 8.87. The number of nitrogens with zero attached hydrogens (tertiary/aromatic N) is 1. The van der Waals surface area contributed by atoms with Crippen LogP contribution in [0.15, 0.2) is 18.5 Å². The van der Waals surface area contributed by atoms with E-state index in [2.05, 4.69) is 10.3 Å². The van der Waals surface area contributed by atoms with Gasteiger partial charge >= 0.3 is 0 Å². The van der Waals surface area contributed by atoms with Gasteiger partial charge in [0.05, 0.1) is 12.8 Å². The van der Waals surface area contributed by atoms with E-state index in [-0.39, 0.29) is 0 Å². The SMILES string of the molecule is CCOc1cncc(C(C)(O)CNC(C)C)c1. The lowest BCUT2D eigenvalue weighted by Gasteiger charge is -2.25. The quantitative estimate of drug-likeness (QED) is 0.792. The van der Waals surface area contributed by atoms with Crippen LogP contribution >= 0.6 is 0 Å². The third kappa shape index (κ3) is 4.32. The molecule has 2 N–H and O–H groups in total. The first-order valence-electron chi connectivity index (χ1n) is 6.00. The molecule has 0 fully saturated rings. The molecule has 0 aliphatic rings. The summed E-state index contributed by atoms with van der Waals surface area (Å²) in [7, 11) is 0. The molecule has 1 unspecified atom stereocenters. The molecule has 96 valence electrons. The van der Waals surface area contributed by atoms with Crippen LogP contribution in [0.2, 0.25) is 0 Å². The van der Waals surface area contributed by atoms with Gasteiger partial charge in [0.2, 0.25) is 0 Å². The van der Waals surface area contributed by atoms with Crippen LogP contribution in [0.3, 0.4) is 0 Å². The maximum Gasteiger partial charge on any atom is 0.137 e. The molecule has 1 rings (SSSR count). The summed E-state index contributed by atoms with van der Waals surface area (Å²) < 4.78 is 5.37. The van der Waals surface area contributed by atoms with Crippen molar-refractivity contribution >= 4 is 0 Å². The number of nitrogens with one attached hydrogen (secondary N) is 1. The van der Waals surface area contributed by atoms with Crippen molar-refractivity contribution in [3.63, 3.8) is 0 Å². The first-order valence-corrected chi connectivity index (χ1v) is 6.00. The fourth-order valence-electron chi connectivity index (χ4n) is 1.46. The highest BCUT2D eigenvalue weighted by Crippen LogP contribution is 2.22. The molecule has 1 heterocycles. The van der Waals surface area contributed by atoms with Gasteiger partial charge in [-0.2, -0.15) is 0 Å². The molecule has 0 amide bonds. The zero-order valence-electron chi connectivity index (χ0n) is 11.0. The Morgan fingerprint density at radius 1 is 1.47 bits per heavy atom. The van der Waals surface area contributed by atoms with E-state index in [4.69, 9.17) is 4.74 Å². The van der Waals surface area contributed by atoms with Gasteiger partial charge < -0.3 is 15.2 Å². The highest BCUT2D eigenvalue weighted by Gasteiger charge is 2.23. The molecule has 0 radical (unpaired) electrons. The first-order chi connectivity index (χ1) is 7.95. The highest BCUT2D eigenvalue weighted by molar-refractivity contribution is 5.28. The predicted octanol–water partition coefficient (Wildman–Crippen LogP) is 1.69. The second-order valence-corrected chi connectivity index (χ2v) is 4.65. The van der Waals surface area contributed by atoms with E-state index in [0.29, 0.717) is 24.9 Å². The molecule has 0 aliphatic heterocycles. The van der Waals surface area contributed by atoms with E-state index in [1.54, 1.807) is 19.3 Å². The standard InChI is InChI=1S/C13H22N2O2/c1-5-17-12-6-11(7-14-8-12)13(4,16)9-15-10(2)3/h6-8,10,15-16H,5,9H2,1-4H3. The maximum atomic E-state index is 10.4. The van der Waals surface area contributed by atoms with Crippen LogP contribution in [-0.2, 0) is 5.60 Å². The maximum absolute atomic E-state index is 10.4. The van der Waals surface area contributed by atoms with E-state index in [1.165, 1.54) is 0 Å². The largest absolute Gasteiger partial charge is 0.492 e. The van der Waals surface area contributed by atoms with Crippen molar-refractivity contribution in [2.75, 3.05) is 13.2 Å². The van der Waals surface area contributed by atoms with Crippen molar-refractivity contribution in [2.45, 2.75) is 39.3 Å². The van der Waals surface area contributed by atoms with Gasteiger partial charge in [-0.3, -0.25) is 4.98 Å². The Morgan fingerprint density at radius 2 is 2.18 bits per heavy atom. The Hall–Kier alpha value is -1.13. The van der Waals surface area contributed by atoms with Crippen molar-refractivity contribution in [1.29, 1.82) is 0 Å². The Bertz CT molecular complexity index is 351. The molecule has 1 aromatic rings. The molecule has 0 aromatic carbocycles. The molecule has 0 spiro atoms. The zero-order chi connectivity index (χ0) is 12.9. The molecule has 0 saturated heterocycles. The second kappa shape index (κ2) is 5.98. The number of hydrogen-bond acceptors (Lipinski definition) is 4. The molecular weight excluding hydrogens is 216 g/mol. The predicted molar refractivity (Wildman–Crippen MR) is 68.1 cm³/mol. The van der Waals surface area contributed by atoms with Gasteiger partial charge in [0.15, 0.2) is 0 Å². The number of hydrogen-bond donors (Lipinski definition) is 2. The summed E-state index contributed by atoms with van der Waals surface area (Å²) in [5.74, 6) is 0.690. The van der Waals surface area contributed by atoms with Gasteiger partial charge in [-0.1, -0.05) is 13.8 Å². The van der Waals surface area contributed by atoms with E-state index < -0.39 is 5.60 Å². The first kappa shape index (κ1) is 13.9. The second-order valence-electron chi connectivity index (χ2n) is 4.65. The number of aliphatic hydroxyl groups is 1. The van der Waals surface area contributed by atoms with Gasteiger partial charge in [-0.25, -0.2) is 0 Å². The monoisotopic (exact) mass is 238 g/mol. The minimum atomic E-state index is -0.940. The third-order valence-corrected chi connectivity index (χ3v) is 2.50. The molecule has 1 atom stereocenters. The summed E-state index contributed by atoms with van der Waals surface area (Å²) in [4.78, 5) is 4.08. The average Bonchev–Trinajstić information content (AvgIpc) is 2.27. The summed E-state index contributed by atoms with van der Waals surface area (Å²) in [5.41, 5.74) is -0.179. The Morgan fingerprint density at radius 3 is 2.76 bits per heavy atom. The van der Waals surface area contributed by atoms with Crippen molar-refractivity contribution < 1.29 is 9.84 Å². The summed E-state index contributed by atoms with van der Waals surface area (Å²) in [6.07, 6.45) is 3.32. The zero-order valence-corrected chi connectivity index (χ0v) is 11.0. The van der Waals surface area contributed by atoms with Gasteiger partial charge in [-0.05, 0) is 19.9 Å². The van der Waals surface area contributed by atoms with E-state index in [0.717, 1.165) is 5.56 Å². The van der Waals surface area contributed by atoms with Crippen molar-refractivity contribution in [3.8, 4) is 5.75 Å². The Kier molecular flexibility index (Phi) is 4.90. The number of aromatic nitrogens is 1. The van der Waals surface area contributed by atoms with Crippen LogP contribution in [0.4, 0.5) is 0 Å². The molecule has 0 saturated carbocycles. The molecule has 4 nitrogen and oxygen atoms in total. The van der Waals surface area contributed by atoms with Crippen LogP contribution in [0, 0.1) is 0 Å². The lowest BCUT2D eigenvalue weighted by Crippen LogP contribution is -2.38. The Labute approximate surface area is 103 Å². The Balaban J connectivity index is 2.78. The molecular formula is C13H22N2O2. The van der Waals surface area contributed by atoms with E-state index in [1.807, 2.05) is 26.8 Å². The summed E-state index contributed by atoms with van der Waals surface area (Å²) >= 11 is 0. The number of rotatable bonds is 6. The summed E-state index contributed by atoms with van der Waals surface area (Å²) in [5, 5.41) is 13.6. The average molecular weight is 238 g/mol. The van der Waals surface area contributed by atoms with Crippen molar-refractivity contribution in [2.24, 2.45) is 0 Å². The minimum absolute atomic E-state index is 0.338. The van der Waals surface area contributed by atoms with Crippen LogP contribution in [-0.4, -0.2) is 29.3 Å². The lowest BCUT2D eigenvalue weighted by molar-refractivity contribution is 0.0543. The molecule has 1 aromatic heterocycles. The van der Waals surface area contributed by atoms with Gasteiger partial charge in [0, 0.05) is 24.3 Å². The fourth-order valence-corrected chi connectivity index (χ4v) is 1.46. The molecule has 4 heteroatoms. The van der Waals surface area contributed by atoms with E-state index in [9.17, 15) is 5.11 Å².